The molecule has 0 aliphatic carbocycles. The smallest absolute Gasteiger partial charge is 0.338 e. The molecule has 1 heterocycles. The van der Waals surface area contributed by atoms with E-state index in [1.165, 1.54) is 0 Å². The lowest BCUT2D eigenvalue weighted by Gasteiger charge is -2.17. The first-order valence-electron chi connectivity index (χ1n) is 9.73. The van der Waals surface area contributed by atoms with Crippen LogP contribution in [0.15, 0.2) is 54.6 Å². The molecular weight excluding hydrogens is 350 g/mol. The number of esters is 1. The Morgan fingerprint density at radius 3 is 2.50 bits per heavy atom. The van der Waals surface area contributed by atoms with Crippen molar-refractivity contribution in [3.05, 3.63) is 65.9 Å². The van der Waals surface area contributed by atoms with E-state index in [1.807, 2.05) is 49.4 Å². The van der Waals surface area contributed by atoms with Gasteiger partial charge in [0, 0.05) is 29.0 Å². The number of aromatic nitrogens is 1. The molecule has 0 amide bonds. The molecule has 0 bridgehead atoms. The number of benzene rings is 2. The summed E-state index contributed by atoms with van der Waals surface area (Å²) in [4.78, 5) is 19.0. The van der Waals surface area contributed by atoms with Crippen molar-refractivity contribution in [3.8, 4) is 0 Å². The molecule has 0 aliphatic rings. The summed E-state index contributed by atoms with van der Waals surface area (Å²) in [5.41, 5.74) is 4.38. The topological polar surface area (TPSA) is 54.5 Å². The SMILES string of the molecule is CCN(CC)CCOC(=O)c1ccc(Nc2cc(C)nc3ccccc23)cc1. The summed E-state index contributed by atoms with van der Waals surface area (Å²) in [5.74, 6) is -0.288. The Bertz CT molecular complexity index is 934. The van der Waals surface area contributed by atoms with E-state index >= 15 is 0 Å². The van der Waals surface area contributed by atoms with Crippen molar-refractivity contribution in [1.82, 2.24) is 9.88 Å². The largest absolute Gasteiger partial charge is 0.461 e. The first-order chi connectivity index (χ1) is 13.6. The molecule has 0 atom stereocenters. The molecule has 0 aliphatic heterocycles. The Balaban J connectivity index is 1.66. The lowest BCUT2D eigenvalue weighted by Crippen LogP contribution is -2.27. The van der Waals surface area contributed by atoms with Gasteiger partial charge in [0.1, 0.15) is 6.61 Å². The van der Waals surface area contributed by atoms with Crippen LogP contribution in [-0.4, -0.2) is 42.1 Å². The van der Waals surface area contributed by atoms with E-state index in [1.54, 1.807) is 12.1 Å². The molecule has 2 aromatic carbocycles. The molecule has 1 aromatic heterocycles. The number of rotatable bonds is 8. The summed E-state index contributed by atoms with van der Waals surface area (Å²) in [6.07, 6.45) is 0. The van der Waals surface area contributed by atoms with Gasteiger partial charge in [-0.2, -0.15) is 0 Å². The minimum Gasteiger partial charge on any atom is -0.461 e. The van der Waals surface area contributed by atoms with E-state index in [0.717, 1.165) is 47.6 Å². The molecule has 5 heteroatoms. The van der Waals surface area contributed by atoms with E-state index in [0.29, 0.717) is 12.2 Å². The summed E-state index contributed by atoms with van der Waals surface area (Å²) in [6.45, 7) is 9.26. The van der Waals surface area contributed by atoms with Crippen LogP contribution in [0.25, 0.3) is 10.9 Å². The number of likely N-dealkylation sites (N-methyl/N-ethyl adjacent to an activating group) is 1. The van der Waals surface area contributed by atoms with Gasteiger partial charge in [-0.15, -0.1) is 0 Å². The number of pyridine rings is 1. The van der Waals surface area contributed by atoms with Crippen molar-refractivity contribution in [2.45, 2.75) is 20.8 Å². The summed E-state index contributed by atoms with van der Waals surface area (Å²) in [5, 5.41) is 4.49. The molecule has 3 aromatic rings. The molecule has 3 rings (SSSR count). The maximum absolute atomic E-state index is 12.2. The van der Waals surface area contributed by atoms with E-state index in [-0.39, 0.29) is 5.97 Å². The molecule has 0 spiro atoms. The molecule has 0 radical (unpaired) electrons. The van der Waals surface area contributed by atoms with Crippen molar-refractivity contribution in [2.75, 3.05) is 31.6 Å². The fourth-order valence-electron chi connectivity index (χ4n) is 3.15. The third-order valence-electron chi connectivity index (χ3n) is 4.78. The van der Waals surface area contributed by atoms with Crippen LogP contribution in [0.3, 0.4) is 0 Å². The third kappa shape index (κ3) is 4.87. The molecule has 5 nitrogen and oxygen atoms in total. The fourth-order valence-corrected chi connectivity index (χ4v) is 3.15. The standard InChI is InChI=1S/C23H27N3O2/c1-4-26(5-2)14-15-28-23(27)18-10-12-19(13-11-18)25-22-16-17(3)24-21-9-7-6-8-20(21)22/h6-13,16H,4-5,14-15H2,1-3H3,(H,24,25). The van der Waals surface area contributed by atoms with Gasteiger partial charge in [-0.05, 0) is 56.4 Å². The van der Waals surface area contributed by atoms with E-state index in [9.17, 15) is 4.79 Å². The van der Waals surface area contributed by atoms with E-state index in [2.05, 4.69) is 29.0 Å². The quantitative estimate of drug-likeness (QED) is 0.572. The van der Waals surface area contributed by atoms with Gasteiger partial charge in [0.25, 0.3) is 0 Å². The lowest BCUT2D eigenvalue weighted by atomic mass is 10.1. The second kappa shape index (κ2) is 9.33. The van der Waals surface area contributed by atoms with Crippen molar-refractivity contribution < 1.29 is 9.53 Å². The number of hydrogen-bond acceptors (Lipinski definition) is 5. The number of ether oxygens (including phenoxy) is 1. The second-order valence-electron chi connectivity index (χ2n) is 6.69. The molecule has 0 saturated carbocycles. The molecule has 146 valence electrons. The van der Waals surface area contributed by atoms with Crippen LogP contribution in [0.4, 0.5) is 11.4 Å². The predicted molar refractivity (Wildman–Crippen MR) is 114 cm³/mol. The minimum atomic E-state index is -0.288. The Hall–Kier alpha value is -2.92. The number of aryl methyl sites for hydroxylation is 1. The zero-order chi connectivity index (χ0) is 19.9. The minimum absolute atomic E-state index is 0.288. The molecule has 0 fully saturated rings. The van der Waals surface area contributed by atoms with Crippen molar-refractivity contribution >= 4 is 28.2 Å². The highest BCUT2D eigenvalue weighted by atomic mass is 16.5. The van der Waals surface area contributed by atoms with Gasteiger partial charge in [0.2, 0.25) is 0 Å². The Kier molecular flexibility index (Phi) is 6.61. The fraction of sp³-hybridized carbons (Fsp3) is 0.304. The zero-order valence-electron chi connectivity index (χ0n) is 16.7. The monoisotopic (exact) mass is 377 g/mol. The lowest BCUT2D eigenvalue weighted by molar-refractivity contribution is 0.0466. The van der Waals surface area contributed by atoms with Gasteiger partial charge < -0.3 is 15.0 Å². The van der Waals surface area contributed by atoms with Crippen LogP contribution in [0.2, 0.25) is 0 Å². The number of para-hydroxylation sites is 1. The number of nitrogens with one attached hydrogen (secondary N) is 1. The molecule has 1 N–H and O–H groups in total. The molecular formula is C23H27N3O2. The zero-order valence-corrected chi connectivity index (χ0v) is 16.7. The highest BCUT2D eigenvalue weighted by molar-refractivity contribution is 5.94. The van der Waals surface area contributed by atoms with Crippen molar-refractivity contribution in [2.24, 2.45) is 0 Å². The first-order valence-corrected chi connectivity index (χ1v) is 9.73. The Morgan fingerprint density at radius 1 is 1.07 bits per heavy atom. The number of anilines is 2. The summed E-state index contributed by atoms with van der Waals surface area (Å²) in [6, 6.07) is 17.4. The predicted octanol–water partition coefficient (Wildman–Crippen LogP) is 4.79. The highest BCUT2D eigenvalue weighted by Gasteiger charge is 2.09. The van der Waals surface area contributed by atoms with Crippen molar-refractivity contribution in [3.63, 3.8) is 0 Å². The summed E-state index contributed by atoms with van der Waals surface area (Å²) < 4.78 is 5.38. The number of carbonyl (C=O) groups excluding carboxylic acids is 1. The summed E-state index contributed by atoms with van der Waals surface area (Å²) >= 11 is 0. The number of carbonyl (C=O) groups is 1. The van der Waals surface area contributed by atoms with Crippen LogP contribution in [0.5, 0.6) is 0 Å². The summed E-state index contributed by atoms with van der Waals surface area (Å²) in [7, 11) is 0. The van der Waals surface area contributed by atoms with Gasteiger partial charge in [0.15, 0.2) is 0 Å². The van der Waals surface area contributed by atoms with Crippen LogP contribution >= 0.6 is 0 Å². The Morgan fingerprint density at radius 2 is 1.79 bits per heavy atom. The third-order valence-corrected chi connectivity index (χ3v) is 4.78. The molecule has 28 heavy (non-hydrogen) atoms. The maximum Gasteiger partial charge on any atom is 0.338 e. The average molecular weight is 377 g/mol. The molecule has 0 unspecified atom stereocenters. The number of nitrogens with zero attached hydrogens (tertiary/aromatic N) is 2. The second-order valence-corrected chi connectivity index (χ2v) is 6.69. The van der Waals surface area contributed by atoms with Gasteiger partial charge in [-0.3, -0.25) is 4.98 Å². The van der Waals surface area contributed by atoms with E-state index in [4.69, 9.17) is 4.74 Å². The van der Waals surface area contributed by atoms with Crippen LogP contribution in [-0.2, 0) is 4.74 Å². The Labute approximate surface area is 166 Å². The van der Waals surface area contributed by atoms with E-state index < -0.39 is 0 Å². The highest BCUT2D eigenvalue weighted by Crippen LogP contribution is 2.26. The first kappa shape index (κ1) is 19.8. The number of fused-ring (bicyclic) bond motifs is 1. The maximum atomic E-state index is 12.2. The van der Waals surface area contributed by atoms with Gasteiger partial charge in [-0.25, -0.2) is 4.79 Å². The van der Waals surface area contributed by atoms with Gasteiger partial charge in [-0.1, -0.05) is 32.0 Å². The van der Waals surface area contributed by atoms with Crippen LogP contribution in [0, 0.1) is 6.92 Å². The van der Waals surface area contributed by atoms with Gasteiger partial charge in [0.05, 0.1) is 11.1 Å². The van der Waals surface area contributed by atoms with Crippen molar-refractivity contribution in [1.29, 1.82) is 0 Å². The van der Waals surface area contributed by atoms with Gasteiger partial charge >= 0.3 is 5.97 Å². The van der Waals surface area contributed by atoms with Crippen LogP contribution < -0.4 is 5.32 Å². The molecule has 0 saturated heterocycles. The normalized spacial score (nSPS) is 11.0. The van der Waals surface area contributed by atoms with Crippen LogP contribution in [0.1, 0.15) is 29.9 Å². The average Bonchev–Trinajstić information content (AvgIpc) is 2.71. The number of hydrogen-bond donors (Lipinski definition) is 1.